The summed E-state index contributed by atoms with van der Waals surface area (Å²) in [5, 5.41) is 7.61. The van der Waals surface area contributed by atoms with Crippen molar-refractivity contribution in [2.75, 3.05) is 19.8 Å². The van der Waals surface area contributed by atoms with Gasteiger partial charge >= 0.3 is 11.9 Å². The predicted molar refractivity (Wildman–Crippen MR) is 163 cm³/mol. The first-order valence-electron chi connectivity index (χ1n) is 15.1. The summed E-state index contributed by atoms with van der Waals surface area (Å²) in [4.78, 5) is 75.7. The fourth-order valence-electron chi connectivity index (χ4n) is 5.00. The number of carbonyl (C=O) groups is 6. The summed E-state index contributed by atoms with van der Waals surface area (Å²) in [7, 11) is 0. The Kier molecular flexibility index (Phi) is 14.2. The van der Waals surface area contributed by atoms with E-state index in [-0.39, 0.29) is 37.1 Å². The molecule has 3 amide bonds. The highest BCUT2D eigenvalue weighted by Gasteiger charge is 2.32. The van der Waals surface area contributed by atoms with Crippen LogP contribution >= 0.6 is 0 Å². The van der Waals surface area contributed by atoms with Gasteiger partial charge in [-0.15, -0.1) is 0 Å². The van der Waals surface area contributed by atoms with Crippen LogP contribution in [0.4, 0.5) is 0 Å². The van der Waals surface area contributed by atoms with Gasteiger partial charge in [-0.3, -0.25) is 28.8 Å². The topological polar surface area (TPSA) is 166 Å². The molecule has 0 aromatic heterocycles. The molecule has 1 fully saturated rings. The Balaban J connectivity index is 1.75. The maximum absolute atomic E-state index is 13.7. The largest absolute Gasteiger partial charge is 0.465 e. The van der Waals surface area contributed by atoms with Crippen molar-refractivity contribution in [1.82, 2.24) is 16.0 Å². The number of nitrogens with one attached hydrogen (secondary N) is 3. The molecule has 12 nitrogen and oxygen atoms in total. The number of benzene rings is 2. The van der Waals surface area contributed by atoms with Crippen LogP contribution in [-0.4, -0.2) is 67.3 Å². The average Bonchev–Trinajstić information content (AvgIpc) is 3.03. The lowest BCUT2D eigenvalue weighted by molar-refractivity contribution is -0.146. The molecular weight excluding hydrogens is 582 g/mol. The van der Waals surface area contributed by atoms with Crippen molar-refractivity contribution in [3.63, 3.8) is 0 Å². The molecule has 0 spiro atoms. The number of hydrogen-bond donors (Lipinski definition) is 3. The summed E-state index contributed by atoms with van der Waals surface area (Å²) in [6.45, 7) is 2.27. The molecule has 2 aromatic rings. The molecule has 1 aliphatic rings. The number of ketones is 1. The Morgan fingerprint density at radius 2 is 1.56 bits per heavy atom. The first-order valence-corrected chi connectivity index (χ1v) is 15.1. The Hall–Kier alpha value is -4.58. The molecule has 2 atom stereocenters. The molecule has 1 saturated carbocycles. The smallest absolute Gasteiger partial charge is 0.325 e. The molecule has 0 heterocycles. The highest BCUT2D eigenvalue weighted by molar-refractivity contribution is 6.38. The Morgan fingerprint density at radius 1 is 0.867 bits per heavy atom. The van der Waals surface area contributed by atoms with Gasteiger partial charge in [0, 0.05) is 12.5 Å². The van der Waals surface area contributed by atoms with E-state index >= 15 is 0 Å². The number of esters is 2. The minimum Gasteiger partial charge on any atom is -0.465 e. The summed E-state index contributed by atoms with van der Waals surface area (Å²) in [5.74, 6) is -4.03. The van der Waals surface area contributed by atoms with Gasteiger partial charge in [0.25, 0.3) is 11.8 Å². The zero-order valence-electron chi connectivity index (χ0n) is 25.7. The zero-order valence-corrected chi connectivity index (χ0v) is 25.7. The molecule has 0 unspecified atom stereocenters. The number of Topliss-reactive ketones (excluding diaryl/α,β-unsaturated/α-hetero) is 1. The van der Waals surface area contributed by atoms with Gasteiger partial charge in [0.05, 0.1) is 19.8 Å². The van der Waals surface area contributed by atoms with Crippen LogP contribution in [0.2, 0.25) is 0 Å². The first-order chi connectivity index (χ1) is 21.7. The van der Waals surface area contributed by atoms with Gasteiger partial charge in [-0.2, -0.15) is 0 Å². The summed E-state index contributed by atoms with van der Waals surface area (Å²) >= 11 is 0. The van der Waals surface area contributed by atoms with Crippen LogP contribution in [0.5, 0.6) is 5.75 Å². The van der Waals surface area contributed by atoms with Crippen LogP contribution in [-0.2, 0) is 40.1 Å². The Bertz CT molecular complexity index is 1310. The SMILES string of the molecule is CCOC(=O)CNC(=O)C(=O)[C@H](COCc1ccccc1)NC(=O)[C@H](CC1CCCCC1)NC(=O)c1ccc(OC(C)=O)cc1. The van der Waals surface area contributed by atoms with E-state index in [2.05, 4.69) is 16.0 Å². The molecule has 2 aromatic carbocycles. The third kappa shape index (κ3) is 12.1. The number of amides is 3. The molecular formula is C33H41N3O9. The standard InChI is InChI=1S/C33H41N3O9/c1-3-44-29(38)19-34-33(42)30(39)28(21-43-20-24-12-8-5-9-13-24)36-32(41)27(18-23-10-6-4-7-11-23)35-31(40)25-14-16-26(17-15-25)45-22(2)37/h5,8-9,12-17,23,27-28H,3-4,6-7,10-11,18-21H2,1-2H3,(H,34,42)(H,35,40)(H,36,41)/t27-,28-/m0/s1. The highest BCUT2D eigenvalue weighted by Crippen LogP contribution is 2.27. The molecule has 242 valence electrons. The van der Waals surface area contributed by atoms with Gasteiger partial charge in [-0.05, 0) is 49.1 Å². The van der Waals surface area contributed by atoms with E-state index in [4.69, 9.17) is 14.2 Å². The molecule has 3 rings (SSSR count). The molecule has 0 bridgehead atoms. The second-order valence-electron chi connectivity index (χ2n) is 10.8. The normalized spacial score (nSPS) is 14.4. The van der Waals surface area contributed by atoms with Crippen LogP contribution in [0, 0.1) is 5.92 Å². The van der Waals surface area contributed by atoms with Crippen molar-refractivity contribution in [2.45, 2.75) is 71.1 Å². The monoisotopic (exact) mass is 623 g/mol. The minimum absolute atomic E-state index is 0.110. The van der Waals surface area contributed by atoms with Gasteiger partial charge in [0.15, 0.2) is 0 Å². The lowest BCUT2D eigenvalue weighted by Crippen LogP contribution is -2.56. The van der Waals surface area contributed by atoms with E-state index < -0.39 is 54.1 Å². The summed E-state index contributed by atoms with van der Waals surface area (Å²) < 4.78 is 15.5. The molecule has 0 saturated heterocycles. The van der Waals surface area contributed by atoms with E-state index in [0.29, 0.717) is 6.42 Å². The highest BCUT2D eigenvalue weighted by atomic mass is 16.5. The number of rotatable bonds is 16. The van der Waals surface area contributed by atoms with E-state index in [1.807, 2.05) is 30.3 Å². The van der Waals surface area contributed by atoms with Gasteiger partial charge in [0.1, 0.15) is 24.4 Å². The zero-order chi connectivity index (χ0) is 32.6. The van der Waals surface area contributed by atoms with Crippen molar-refractivity contribution in [2.24, 2.45) is 5.92 Å². The van der Waals surface area contributed by atoms with Crippen LogP contribution in [0.1, 0.15) is 68.3 Å². The Labute approximate surface area is 262 Å². The maximum Gasteiger partial charge on any atom is 0.325 e. The number of ether oxygens (including phenoxy) is 3. The van der Waals surface area contributed by atoms with E-state index in [9.17, 15) is 28.8 Å². The van der Waals surface area contributed by atoms with Crippen molar-refractivity contribution < 1.29 is 43.0 Å². The molecule has 0 radical (unpaired) electrons. The van der Waals surface area contributed by atoms with E-state index in [1.54, 1.807) is 6.92 Å². The molecule has 3 N–H and O–H groups in total. The summed E-state index contributed by atoms with van der Waals surface area (Å²) in [6.07, 6.45) is 5.26. The van der Waals surface area contributed by atoms with Crippen LogP contribution in [0.25, 0.3) is 0 Å². The number of hydrogen-bond acceptors (Lipinski definition) is 9. The van der Waals surface area contributed by atoms with Crippen LogP contribution in [0.3, 0.4) is 0 Å². The second kappa shape index (κ2) is 18.3. The second-order valence-corrected chi connectivity index (χ2v) is 10.8. The lowest BCUT2D eigenvalue weighted by Gasteiger charge is -2.28. The fraction of sp³-hybridized carbons (Fsp3) is 0.455. The third-order valence-electron chi connectivity index (χ3n) is 7.25. The van der Waals surface area contributed by atoms with Crippen molar-refractivity contribution in [1.29, 1.82) is 0 Å². The van der Waals surface area contributed by atoms with E-state index in [0.717, 1.165) is 37.7 Å². The number of carbonyl (C=O) groups excluding carboxylic acids is 6. The van der Waals surface area contributed by atoms with Gasteiger partial charge in [-0.25, -0.2) is 0 Å². The summed E-state index contributed by atoms with van der Waals surface area (Å²) in [5.41, 5.74) is 1.06. The van der Waals surface area contributed by atoms with Gasteiger partial charge in [0.2, 0.25) is 11.7 Å². The van der Waals surface area contributed by atoms with Gasteiger partial charge in [-0.1, -0.05) is 62.4 Å². The fourth-order valence-corrected chi connectivity index (χ4v) is 5.00. The van der Waals surface area contributed by atoms with E-state index in [1.165, 1.54) is 31.2 Å². The third-order valence-corrected chi connectivity index (χ3v) is 7.25. The first kappa shape index (κ1) is 34.9. The maximum atomic E-state index is 13.7. The Morgan fingerprint density at radius 3 is 2.20 bits per heavy atom. The minimum atomic E-state index is -1.39. The van der Waals surface area contributed by atoms with Gasteiger partial charge < -0.3 is 30.2 Å². The quantitative estimate of drug-likeness (QED) is 0.145. The lowest BCUT2D eigenvalue weighted by atomic mass is 9.84. The average molecular weight is 624 g/mol. The molecule has 12 heteroatoms. The molecule has 1 aliphatic carbocycles. The summed E-state index contributed by atoms with van der Waals surface area (Å²) in [6, 6.07) is 12.6. The van der Waals surface area contributed by atoms with Crippen molar-refractivity contribution in [3.05, 3.63) is 65.7 Å². The van der Waals surface area contributed by atoms with Crippen LogP contribution < -0.4 is 20.7 Å². The molecule has 45 heavy (non-hydrogen) atoms. The predicted octanol–water partition coefficient (Wildman–Crippen LogP) is 2.63. The van der Waals surface area contributed by atoms with Crippen molar-refractivity contribution >= 4 is 35.4 Å². The molecule has 0 aliphatic heterocycles. The van der Waals surface area contributed by atoms with Crippen LogP contribution in [0.15, 0.2) is 54.6 Å². The van der Waals surface area contributed by atoms with Crippen molar-refractivity contribution in [3.8, 4) is 5.75 Å².